The Kier molecular flexibility index (Phi) is 7.23. The Bertz CT molecular complexity index is 66.5. The highest BCUT2D eigenvalue weighted by Crippen LogP contribution is 1.38. The molecule has 8 heavy (non-hydrogen) atoms. The standard InChI is InChI=1S/HNO3.H2O3Si/c2-1(3)4;1-4(2)3/h(H,2,3,4);1-2H. The van der Waals surface area contributed by atoms with E-state index in [1.165, 1.54) is 0 Å². The van der Waals surface area contributed by atoms with Gasteiger partial charge in [-0.05, 0) is 0 Å². The summed E-state index contributed by atoms with van der Waals surface area (Å²) in [6.45, 7) is 0. The first-order valence-electron chi connectivity index (χ1n) is 1.22. The van der Waals surface area contributed by atoms with Gasteiger partial charge in [0.25, 0.3) is 5.09 Å². The van der Waals surface area contributed by atoms with Crippen LogP contribution in [0.15, 0.2) is 0 Å². The van der Waals surface area contributed by atoms with Crippen molar-refractivity contribution in [1.82, 2.24) is 0 Å². The maximum Gasteiger partial charge on any atom is 0.761 e. The van der Waals surface area contributed by atoms with Crippen LogP contribution in [0.5, 0.6) is 0 Å². The van der Waals surface area contributed by atoms with E-state index in [0.29, 0.717) is 0 Å². The van der Waals surface area contributed by atoms with Crippen LogP contribution in [-0.4, -0.2) is 29.1 Å². The van der Waals surface area contributed by atoms with Crippen LogP contribution in [0.1, 0.15) is 0 Å². The topological polar surface area (TPSA) is 121 Å². The van der Waals surface area contributed by atoms with Crippen LogP contribution in [0, 0.1) is 10.1 Å². The fourth-order valence-electron chi connectivity index (χ4n) is 0. The summed E-state index contributed by atoms with van der Waals surface area (Å²) >= 11 is 0. The van der Waals surface area contributed by atoms with Crippen molar-refractivity contribution in [3.63, 3.8) is 0 Å². The Labute approximate surface area is 44.8 Å². The molecule has 0 rings (SSSR count). The second-order valence-corrected chi connectivity index (χ2v) is 1.09. The molecule has 0 aliphatic carbocycles. The molecule has 0 aliphatic heterocycles. The molecule has 0 aromatic carbocycles. The SMILES string of the molecule is O=[N+]([O-])O.O=[Si](O)O. The third-order valence-corrected chi connectivity index (χ3v) is 0. The van der Waals surface area contributed by atoms with Crippen molar-refractivity contribution >= 4 is 9.17 Å². The Balaban J connectivity index is 0. The predicted octanol–water partition coefficient (Wildman–Crippen LogP) is -1.96. The average Bonchev–Trinajstić information content (AvgIpc) is 1.25. The molecule has 0 aromatic heterocycles. The summed E-state index contributed by atoms with van der Waals surface area (Å²) in [7, 11) is -3.13. The molecule has 8 heteroatoms. The van der Waals surface area contributed by atoms with Gasteiger partial charge in [0.2, 0.25) is 0 Å². The van der Waals surface area contributed by atoms with E-state index in [1.807, 2.05) is 0 Å². The fraction of sp³-hybridized carbons (Fsp3) is 0. The molecule has 0 saturated heterocycles. The van der Waals surface area contributed by atoms with Gasteiger partial charge in [0.1, 0.15) is 0 Å². The van der Waals surface area contributed by atoms with E-state index in [2.05, 4.69) is 0 Å². The van der Waals surface area contributed by atoms with Gasteiger partial charge in [-0.25, -0.2) is 0 Å². The minimum Gasteiger partial charge on any atom is -0.511 e. The van der Waals surface area contributed by atoms with Gasteiger partial charge in [-0.2, -0.15) is 0 Å². The molecule has 48 valence electrons. The first-order chi connectivity index (χ1) is 3.46. The van der Waals surface area contributed by atoms with Crippen molar-refractivity contribution in [2.45, 2.75) is 0 Å². The van der Waals surface area contributed by atoms with E-state index in [0.717, 1.165) is 0 Å². The maximum absolute atomic E-state index is 8.74. The van der Waals surface area contributed by atoms with Crippen LogP contribution in [0.25, 0.3) is 0 Å². The van der Waals surface area contributed by atoms with Crippen molar-refractivity contribution in [3.8, 4) is 0 Å². The van der Waals surface area contributed by atoms with Gasteiger partial charge in [-0.15, -0.1) is 10.1 Å². The van der Waals surface area contributed by atoms with Gasteiger partial charge >= 0.3 is 9.17 Å². The molecule has 0 unspecified atom stereocenters. The van der Waals surface area contributed by atoms with Gasteiger partial charge in [0.05, 0.1) is 0 Å². The number of hydrogen-bond donors (Lipinski definition) is 3. The first kappa shape index (κ1) is 9.94. The molecule has 0 amide bonds. The summed E-state index contributed by atoms with van der Waals surface area (Å²) < 4.78 is 8.74. The van der Waals surface area contributed by atoms with Gasteiger partial charge in [0, 0.05) is 0 Å². The van der Waals surface area contributed by atoms with E-state index in [1.54, 1.807) is 0 Å². The first-order valence-corrected chi connectivity index (χ1v) is 2.52. The van der Waals surface area contributed by atoms with Gasteiger partial charge in [-0.3, -0.25) is 4.46 Å². The molecule has 0 heterocycles. The van der Waals surface area contributed by atoms with Crippen molar-refractivity contribution in [3.05, 3.63) is 10.1 Å². The van der Waals surface area contributed by atoms with Gasteiger partial charge in [0.15, 0.2) is 0 Å². The molecular weight excluding hydrogens is 138 g/mol. The van der Waals surface area contributed by atoms with Crippen LogP contribution < -0.4 is 0 Å². The third-order valence-electron chi connectivity index (χ3n) is 0. The van der Waals surface area contributed by atoms with Crippen LogP contribution in [0.4, 0.5) is 0 Å². The lowest BCUT2D eigenvalue weighted by Crippen LogP contribution is -1.90. The number of rotatable bonds is 0. The normalized spacial score (nSPS) is 6.00. The fourth-order valence-corrected chi connectivity index (χ4v) is 0. The lowest BCUT2D eigenvalue weighted by molar-refractivity contribution is -0.742. The highest BCUT2D eigenvalue weighted by atomic mass is 28.3. The van der Waals surface area contributed by atoms with E-state index in [9.17, 15) is 0 Å². The van der Waals surface area contributed by atoms with Crippen LogP contribution in [-0.2, 0) is 4.46 Å². The quantitative estimate of drug-likeness (QED) is 0.204. The average molecular weight is 141 g/mol. The Hall–Kier alpha value is -1.18. The molecule has 0 bridgehead atoms. The van der Waals surface area contributed by atoms with Crippen LogP contribution >= 0.6 is 0 Å². The van der Waals surface area contributed by atoms with E-state index in [-0.39, 0.29) is 0 Å². The maximum atomic E-state index is 8.74. The zero-order valence-electron chi connectivity index (χ0n) is 3.51. The summed E-state index contributed by atoms with van der Waals surface area (Å²) in [4.78, 5) is 22.7. The zero-order valence-corrected chi connectivity index (χ0v) is 4.51. The summed E-state index contributed by atoms with van der Waals surface area (Å²) in [6.07, 6.45) is 0. The highest BCUT2D eigenvalue weighted by Gasteiger charge is 1.85. The van der Waals surface area contributed by atoms with Crippen molar-refractivity contribution < 1.29 is 24.3 Å². The second kappa shape index (κ2) is 5.82. The Morgan fingerprint density at radius 2 is 1.50 bits per heavy atom. The van der Waals surface area contributed by atoms with Gasteiger partial charge < -0.3 is 14.8 Å². The molecule has 0 atom stereocenters. The van der Waals surface area contributed by atoms with Gasteiger partial charge in [-0.1, -0.05) is 0 Å². The number of nitrogens with zero attached hydrogens (tertiary/aromatic N) is 1. The summed E-state index contributed by atoms with van der Waals surface area (Å²) in [6, 6.07) is 0. The Morgan fingerprint density at radius 3 is 1.50 bits per heavy atom. The van der Waals surface area contributed by atoms with Crippen LogP contribution in [0.3, 0.4) is 0 Å². The Morgan fingerprint density at radius 1 is 1.50 bits per heavy atom. The van der Waals surface area contributed by atoms with E-state index in [4.69, 9.17) is 29.4 Å². The molecule has 0 saturated carbocycles. The van der Waals surface area contributed by atoms with Crippen molar-refractivity contribution in [2.75, 3.05) is 0 Å². The molecular formula is H3NO6Si. The molecule has 0 fully saturated rings. The van der Waals surface area contributed by atoms with E-state index >= 15 is 0 Å². The zero-order chi connectivity index (χ0) is 7.15. The lowest BCUT2D eigenvalue weighted by atomic mass is 13.1. The summed E-state index contributed by atoms with van der Waals surface area (Å²) in [5.41, 5.74) is 0. The molecule has 0 radical (unpaired) electrons. The predicted molar refractivity (Wildman–Crippen MR) is 19.7 cm³/mol. The summed E-state index contributed by atoms with van der Waals surface area (Å²) in [5.74, 6) is 0. The monoisotopic (exact) mass is 141 g/mol. The van der Waals surface area contributed by atoms with Crippen LogP contribution in [0.2, 0.25) is 0 Å². The molecule has 0 aliphatic rings. The van der Waals surface area contributed by atoms with Crippen molar-refractivity contribution in [2.24, 2.45) is 0 Å². The third kappa shape index (κ3) is 50.1. The lowest BCUT2D eigenvalue weighted by Gasteiger charge is -1.56. The highest BCUT2D eigenvalue weighted by molar-refractivity contribution is 6.22. The summed E-state index contributed by atoms with van der Waals surface area (Å²) in [5, 5.41) is 13.6. The second-order valence-electron chi connectivity index (χ2n) is 0.520. The van der Waals surface area contributed by atoms with E-state index < -0.39 is 14.3 Å². The minimum absolute atomic E-state index is 1.50. The number of hydrogen-bond acceptors (Lipinski definition) is 3. The molecule has 0 aromatic rings. The largest absolute Gasteiger partial charge is 0.761 e. The molecule has 7 nitrogen and oxygen atoms in total. The smallest absolute Gasteiger partial charge is 0.511 e. The molecule has 0 spiro atoms. The molecule has 3 N–H and O–H groups in total. The minimum atomic E-state index is -3.13. The van der Waals surface area contributed by atoms with Crippen molar-refractivity contribution in [1.29, 1.82) is 0 Å².